The molecule has 2 aliphatic heterocycles. The number of rotatable bonds is 2. The van der Waals surface area contributed by atoms with Gasteiger partial charge in [0.15, 0.2) is 0 Å². The molecule has 0 bridgehead atoms. The molecule has 0 amide bonds. The largest absolute Gasteiger partial charge is 0.381 e. The molecule has 0 N–H and O–H groups in total. The number of ether oxygens (including phenoxy) is 1. The zero-order chi connectivity index (χ0) is 14.9. The van der Waals surface area contributed by atoms with Gasteiger partial charge in [0.1, 0.15) is 0 Å². The van der Waals surface area contributed by atoms with Crippen molar-refractivity contribution < 1.29 is 4.74 Å². The zero-order valence-corrected chi connectivity index (χ0v) is 14.2. The van der Waals surface area contributed by atoms with Crippen LogP contribution in [0.15, 0.2) is 6.20 Å². The van der Waals surface area contributed by atoms with Crippen LogP contribution in [0.3, 0.4) is 0 Å². The lowest BCUT2D eigenvalue weighted by Crippen LogP contribution is -2.49. The van der Waals surface area contributed by atoms with E-state index in [9.17, 15) is 0 Å². The molecule has 0 atom stereocenters. The summed E-state index contributed by atoms with van der Waals surface area (Å²) in [5, 5.41) is 8.62. The van der Waals surface area contributed by atoms with Gasteiger partial charge in [0.2, 0.25) is 0 Å². The van der Waals surface area contributed by atoms with Crippen LogP contribution in [0.2, 0.25) is 0 Å². The minimum atomic E-state index is 0.00489. The average Bonchev–Trinajstić information content (AvgIpc) is 2.88. The van der Waals surface area contributed by atoms with E-state index < -0.39 is 0 Å². The summed E-state index contributed by atoms with van der Waals surface area (Å²) in [6.45, 7) is 11.5. The second kappa shape index (κ2) is 5.89. The molecule has 1 aromatic rings. The van der Waals surface area contributed by atoms with E-state index in [-0.39, 0.29) is 5.54 Å². The Morgan fingerprint density at radius 2 is 2.10 bits per heavy atom. The lowest BCUT2D eigenvalue weighted by Gasteiger charge is -2.44. The number of aromatic nitrogens is 3. The highest BCUT2D eigenvalue weighted by atomic mass is 32.2. The van der Waals surface area contributed by atoms with Gasteiger partial charge in [-0.15, -0.1) is 5.10 Å². The van der Waals surface area contributed by atoms with Crippen molar-refractivity contribution >= 4 is 11.8 Å². The van der Waals surface area contributed by atoms with Gasteiger partial charge in [-0.05, 0) is 33.6 Å². The van der Waals surface area contributed by atoms with E-state index in [1.54, 1.807) is 0 Å². The van der Waals surface area contributed by atoms with E-state index >= 15 is 0 Å². The third kappa shape index (κ3) is 3.60. The summed E-state index contributed by atoms with van der Waals surface area (Å²) in [5.74, 6) is 1.22. The molecule has 0 saturated carbocycles. The third-order valence-corrected chi connectivity index (χ3v) is 5.88. The SMILES string of the molecule is CC(C)(C)n1cc(CN2CCSC3(CCOCC3)C2)nn1. The molecule has 3 heterocycles. The van der Waals surface area contributed by atoms with E-state index in [0.29, 0.717) is 4.75 Å². The lowest BCUT2D eigenvalue weighted by atomic mass is 9.98. The summed E-state index contributed by atoms with van der Waals surface area (Å²) < 4.78 is 7.91. The second-order valence-corrected chi connectivity index (χ2v) is 8.74. The van der Waals surface area contributed by atoms with E-state index in [1.165, 1.54) is 18.6 Å². The standard InChI is InChI=1S/C15H26N4OS/c1-14(2,3)19-11-13(16-17-19)10-18-6-9-21-15(12-18)4-7-20-8-5-15/h11H,4-10,12H2,1-3H3. The number of thioether (sulfide) groups is 1. The second-order valence-electron chi connectivity index (χ2n) is 7.18. The molecule has 0 unspecified atom stereocenters. The summed E-state index contributed by atoms with van der Waals surface area (Å²) >= 11 is 2.15. The molecular weight excluding hydrogens is 284 g/mol. The first kappa shape index (κ1) is 15.3. The van der Waals surface area contributed by atoms with Crippen LogP contribution in [-0.2, 0) is 16.8 Å². The van der Waals surface area contributed by atoms with Crippen molar-refractivity contribution in [2.75, 3.05) is 32.1 Å². The van der Waals surface area contributed by atoms with Crippen LogP contribution < -0.4 is 0 Å². The lowest BCUT2D eigenvalue weighted by molar-refractivity contribution is 0.0623. The van der Waals surface area contributed by atoms with E-state index in [4.69, 9.17) is 4.74 Å². The Morgan fingerprint density at radius 3 is 2.76 bits per heavy atom. The fourth-order valence-corrected chi connectivity index (χ4v) is 4.54. The van der Waals surface area contributed by atoms with Crippen molar-refractivity contribution in [2.24, 2.45) is 0 Å². The van der Waals surface area contributed by atoms with E-state index in [2.05, 4.69) is 53.9 Å². The van der Waals surface area contributed by atoms with Gasteiger partial charge < -0.3 is 4.74 Å². The molecular formula is C15H26N4OS. The van der Waals surface area contributed by atoms with Crippen LogP contribution >= 0.6 is 11.8 Å². The predicted octanol–water partition coefficient (Wildman–Crippen LogP) is 2.13. The Kier molecular flexibility index (Phi) is 4.30. The van der Waals surface area contributed by atoms with Crippen LogP contribution in [-0.4, -0.2) is 56.7 Å². The van der Waals surface area contributed by atoms with Gasteiger partial charge in [-0.25, -0.2) is 4.68 Å². The maximum atomic E-state index is 5.53. The summed E-state index contributed by atoms with van der Waals surface area (Å²) in [7, 11) is 0. The van der Waals surface area contributed by atoms with Gasteiger partial charge in [0.05, 0.1) is 17.4 Å². The Bertz CT molecular complexity index is 471. The topological polar surface area (TPSA) is 43.2 Å². The molecule has 21 heavy (non-hydrogen) atoms. The normalized spacial score (nSPS) is 23.6. The molecule has 5 nitrogen and oxygen atoms in total. The molecule has 2 fully saturated rings. The Morgan fingerprint density at radius 1 is 1.33 bits per heavy atom. The Balaban J connectivity index is 1.63. The van der Waals surface area contributed by atoms with Gasteiger partial charge in [-0.1, -0.05) is 5.21 Å². The quantitative estimate of drug-likeness (QED) is 0.837. The number of hydrogen-bond donors (Lipinski definition) is 0. The minimum Gasteiger partial charge on any atom is -0.381 e. The average molecular weight is 310 g/mol. The van der Waals surface area contributed by atoms with Crippen molar-refractivity contribution in [1.82, 2.24) is 19.9 Å². The van der Waals surface area contributed by atoms with Gasteiger partial charge >= 0.3 is 0 Å². The van der Waals surface area contributed by atoms with Crippen molar-refractivity contribution in [2.45, 2.75) is 50.4 Å². The van der Waals surface area contributed by atoms with Crippen molar-refractivity contribution in [3.8, 4) is 0 Å². The molecule has 1 aromatic heterocycles. The molecule has 2 saturated heterocycles. The highest BCUT2D eigenvalue weighted by molar-refractivity contribution is 8.00. The molecule has 0 aliphatic carbocycles. The predicted molar refractivity (Wildman–Crippen MR) is 85.5 cm³/mol. The first-order valence-electron chi connectivity index (χ1n) is 7.83. The van der Waals surface area contributed by atoms with Crippen molar-refractivity contribution in [1.29, 1.82) is 0 Å². The van der Waals surface area contributed by atoms with Crippen molar-refractivity contribution in [3.63, 3.8) is 0 Å². The van der Waals surface area contributed by atoms with Crippen LogP contribution in [0.1, 0.15) is 39.3 Å². The fourth-order valence-electron chi connectivity index (χ4n) is 3.03. The van der Waals surface area contributed by atoms with E-state index in [1.807, 2.05) is 4.68 Å². The van der Waals surface area contributed by atoms with Crippen LogP contribution in [0.4, 0.5) is 0 Å². The Hall–Kier alpha value is -0.590. The number of nitrogens with zero attached hydrogens (tertiary/aromatic N) is 4. The van der Waals surface area contributed by atoms with Gasteiger partial charge in [-0.3, -0.25) is 4.90 Å². The molecule has 2 aliphatic rings. The molecule has 118 valence electrons. The zero-order valence-electron chi connectivity index (χ0n) is 13.3. The Labute approximate surface area is 131 Å². The van der Waals surface area contributed by atoms with Crippen molar-refractivity contribution in [3.05, 3.63) is 11.9 Å². The van der Waals surface area contributed by atoms with Gasteiger partial charge in [-0.2, -0.15) is 11.8 Å². The van der Waals surface area contributed by atoms with Gasteiger partial charge in [0.25, 0.3) is 0 Å². The molecule has 6 heteroatoms. The molecule has 1 spiro atoms. The van der Waals surface area contributed by atoms with Crippen LogP contribution in [0, 0.1) is 0 Å². The highest BCUT2D eigenvalue weighted by Gasteiger charge is 2.37. The first-order valence-corrected chi connectivity index (χ1v) is 8.81. The summed E-state index contributed by atoms with van der Waals surface area (Å²) in [4.78, 5) is 2.54. The first-order chi connectivity index (χ1) is 9.97. The van der Waals surface area contributed by atoms with Crippen LogP contribution in [0.5, 0.6) is 0 Å². The number of hydrogen-bond acceptors (Lipinski definition) is 5. The summed E-state index contributed by atoms with van der Waals surface area (Å²) in [6.07, 6.45) is 4.46. The highest BCUT2D eigenvalue weighted by Crippen LogP contribution is 2.39. The fraction of sp³-hybridized carbons (Fsp3) is 0.867. The van der Waals surface area contributed by atoms with E-state index in [0.717, 1.165) is 38.5 Å². The van der Waals surface area contributed by atoms with Gasteiger partial charge in [0, 0.05) is 43.3 Å². The summed E-state index contributed by atoms with van der Waals surface area (Å²) in [5.41, 5.74) is 1.09. The molecule has 0 aromatic carbocycles. The monoisotopic (exact) mass is 310 g/mol. The third-order valence-electron chi connectivity index (χ3n) is 4.35. The molecule has 0 radical (unpaired) electrons. The smallest absolute Gasteiger partial charge is 0.0967 e. The molecule has 3 rings (SSSR count). The summed E-state index contributed by atoms with van der Waals surface area (Å²) in [6, 6.07) is 0. The van der Waals surface area contributed by atoms with Crippen LogP contribution in [0.25, 0.3) is 0 Å². The maximum absolute atomic E-state index is 5.53. The maximum Gasteiger partial charge on any atom is 0.0967 e. The minimum absolute atomic E-state index is 0.00489.